The number of aromatic amines is 1. The summed E-state index contributed by atoms with van der Waals surface area (Å²) < 4.78 is 20.1. The average molecular weight is 450 g/mol. The zero-order valence-corrected chi connectivity index (χ0v) is 18.6. The van der Waals surface area contributed by atoms with Crippen molar-refractivity contribution in [3.8, 4) is 22.7 Å². The number of nitrogens with zero attached hydrogens (tertiary/aromatic N) is 2. The molecule has 0 aliphatic heterocycles. The van der Waals surface area contributed by atoms with Gasteiger partial charge in [0.1, 0.15) is 11.6 Å². The number of rotatable bonds is 5. The van der Waals surface area contributed by atoms with Crippen LogP contribution in [0.15, 0.2) is 76.5 Å². The third-order valence-electron chi connectivity index (χ3n) is 5.16. The highest BCUT2D eigenvalue weighted by Crippen LogP contribution is 2.27. The van der Waals surface area contributed by atoms with E-state index in [1.54, 1.807) is 32.2 Å². The number of nitrogens with one attached hydrogen (secondary N) is 1. The summed E-state index contributed by atoms with van der Waals surface area (Å²) in [7, 11) is 1.60. The van der Waals surface area contributed by atoms with Crippen molar-refractivity contribution in [1.82, 2.24) is 9.78 Å². The van der Waals surface area contributed by atoms with Gasteiger partial charge in [-0.3, -0.25) is 14.9 Å². The highest BCUT2D eigenvalue weighted by atomic mass is 35.5. The van der Waals surface area contributed by atoms with E-state index in [2.05, 4.69) is 5.10 Å². The van der Waals surface area contributed by atoms with Crippen LogP contribution in [0.2, 0.25) is 5.02 Å². The van der Waals surface area contributed by atoms with E-state index in [9.17, 15) is 9.18 Å². The molecule has 32 heavy (non-hydrogen) atoms. The smallest absolute Gasteiger partial charge is 0.280 e. The van der Waals surface area contributed by atoms with Crippen LogP contribution in [-0.2, 0) is 0 Å². The molecule has 5 nitrogen and oxygen atoms in total. The van der Waals surface area contributed by atoms with Crippen molar-refractivity contribution in [2.75, 3.05) is 7.11 Å². The molecule has 3 aromatic carbocycles. The predicted molar refractivity (Wildman–Crippen MR) is 126 cm³/mol. The Morgan fingerprint density at radius 1 is 1.06 bits per heavy atom. The molecule has 0 amide bonds. The molecule has 0 fully saturated rings. The molecule has 4 aromatic rings. The number of aliphatic imine (C=N–C) groups is 1. The maximum Gasteiger partial charge on any atom is 0.280 e. The molecule has 1 heterocycles. The zero-order valence-electron chi connectivity index (χ0n) is 17.8. The molecule has 4 rings (SSSR count). The van der Waals surface area contributed by atoms with Crippen molar-refractivity contribution in [2.45, 2.75) is 13.8 Å². The van der Waals surface area contributed by atoms with Crippen LogP contribution in [0.1, 0.15) is 18.1 Å². The van der Waals surface area contributed by atoms with Crippen LogP contribution < -0.4 is 10.3 Å². The van der Waals surface area contributed by atoms with Crippen LogP contribution >= 0.6 is 11.6 Å². The van der Waals surface area contributed by atoms with Gasteiger partial charge in [0.2, 0.25) is 0 Å². The quantitative estimate of drug-likeness (QED) is 0.375. The molecule has 0 bridgehead atoms. The molecular formula is C25H21ClFN3O2. The third-order valence-corrected chi connectivity index (χ3v) is 5.40. The average Bonchev–Trinajstić information content (AvgIpc) is 3.13. The van der Waals surface area contributed by atoms with Crippen LogP contribution in [-0.4, -0.2) is 22.6 Å². The Morgan fingerprint density at radius 3 is 2.38 bits per heavy atom. The summed E-state index contributed by atoms with van der Waals surface area (Å²) in [6, 6.07) is 18.5. The number of ether oxygens (including phenoxy) is 1. The van der Waals surface area contributed by atoms with E-state index in [4.69, 9.17) is 21.3 Å². The standard InChI is InChI=1S/C25H21ClFN3O2/c1-15-14-18(26)6-13-22(15)28-16(2)23-24(17-4-11-21(32-3)12-5-17)29-30(25(23)31)20-9-7-19(27)8-10-20/h4-14,29H,1-3H3. The summed E-state index contributed by atoms with van der Waals surface area (Å²) in [6.45, 7) is 3.71. The first kappa shape index (κ1) is 21.6. The van der Waals surface area contributed by atoms with Crippen LogP contribution in [0.3, 0.4) is 0 Å². The van der Waals surface area contributed by atoms with Gasteiger partial charge in [-0.05, 0) is 86.1 Å². The van der Waals surface area contributed by atoms with E-state index in [0.717, 1.165) is 16.8 Å². The van der Waals surface area contributed by atoms with Crippen LogP contribution in [0, 0.1) is 12.7 Å². The first-order valence-electron chi connectivity index (χ1n) is 9.94. The summed E-state index contributed by atoms with van der Waals surface area (Å²) in [5.41, 5.74) is 4.23. The molecule has 1 aromatic heterocycles. The number of H-pyrrole nitrogens is 1. The number of methoxy groups -OCH3 is 1. The van der Waals surface area contributed by atoms with Gasteiger partial charge < -0.3 is 4.74 Å². The van der Waals surface area contributed by atoms with Crippen molar-refractivity contribution in [2.24, 2.45) is 4.99 Å². The number of hydrogen-bond acceptors (Lipinski definition) is 3. The maximum absolute atomic E-state index is 13.5. The number of aromatic nitrogens is 2. The Bertz CT molecular complexity index is 1350. The van der Waals surface area contributed by atoms with E-state index < -0.39 is 0 Å². The first-order valence-corrected chi connectivity index (χ1v) is 10.3. The molecule has 0 saturated carbocycles. The second kappa shape index (κ2) is 8.85. The minimum Gasteiger partial charge on any atom is -0.497 e. The predicted octanol–water partition coefficient (Wildman–Crippen LogP) is 6.08. The summed E-state index contributed by atoms with van der Waals surface area (Å²) in [5.74, 6) is 0.331. The van der Waals surface area contributed by atoms with Gasteiger partial charge in [-0.25, -0.2) is 9.07 Å². The number of hydrogen-bond donors (Lipinski definition) is 1. The van der Waals surface area contributed by atoms with E-state index in [-0.39, 0.29) is 11.4 Å². The van der Waals surface area contributed by atoms with Gasteiger partial charge in [-0.1, -0.05) is 11.6 Å². The molecule has 0 saturated heterocycles. The highest BCUT2D eigenvalue weighted by Gasteiger charge is 2.20. The van der Waals surface area contributed by atoms with E-state index in [0.29, 0.717) is 33.4 Å². The second-order valence-corrected chi connectivity index (χ2v) is 7.77. The van der Waals surface area contributed by atoms with Gasteiger partial charge in [-0.2, -0.15) is 0 Å². The molecule has 0 atom stereocenters. The van der Waals surface area contributed by atoms with Gasteiger partial charge in [-0.15, -0.1) is 0 Å². The maximum atomic E-state index is 13.5. The van der Waals surface area contributed by atoms with Crippen molar-refractivity contribution in [3.63, 3.8) is 0 Å². The molecule has 162 valence electrons. The Balaban J connectivity index is 1.91. The van der Waals surface area contributed by atoms with Crippen LogP contribution in [0.25, 0.3) is 16.9 Å². The summed E-state index contributed by atoms with van der Waals surface area (Å²) in [6.07, 6.45) is 0. The molecule has 0 aliphatic rings. The molecule has 0 aliphatic carbocycles. The van der Waals surface area contributed by atoms with Gasteiger partial charge in [0.05, 0.1) is 35.5 Å². The fraction of sp³-hybridized carbons (Fsp3) is 0.120. The van der Waals surface area contributed by atoms with Crippen molar-refractivity contribution >= 4 is 23.0 Å². The Labute approximate surface area is 189 Å². The molecule has 0 unspecified atom stereocenters. The SMILES string of the molecule is COc1ccc(-c2[nH]n(-c3ccc(F)cc3)c(=O)c2C(C)=Nc2ccc(Cl)cc2C)cc1. The Hall–Kier alpha value is -3.64. The summed E-state index contributed by atoms with van der Waals surface area (Å²) >= 11 is 6.06. The van der Waals surface area contributed by atoms with Gasteiger partial charge in [0, 0.05) is 10.6 Å². The Kier molecular flexibility index (Phi) is 5.97. The fourth-order valence-electron chi connectivity index (χ4n) is 3.49. The molecule has 0 radical (unpaired) electrons. The minimum atomic E-state index is -0.375. The topological polar surface area (TPSA) is 59.4 Å². The minimum absolute atomic E-state index is 0.282. The third kappa shape index (κ3) is 4.22. The van der Waals surface area contributed by atoms with Gasteiger partial charge in [0.25, 0.3) is 5.56 Å². The molecule has 7 heteroatoms. The lowest BCUT2D eigenvalue weighted by atomic mass is 10.0. The number of benzene rings is 3. The van der Waals surface area contributed by atoms with E-state index in [1.807, 2.05) is 43.3 Å². The lowest BCUT2D eigenvalue weighted by Crippen LogP contribution is -2.19. The Morgan fingerprint density at radius 2 is 1.75 bits per heavy atom. The number of halogens is 2. The normalized spacial score (nSPS) is 11.6. The van der Waals surface area contributed by atoms with Crippen LogP contribution in [0.4, 0.5) is 10.1 Å². The van der Waals surface area contributed by atoms with Crippen molar-refractivity contribution in [3.05, 3.63) is 99.1 Å². The summed E-state index contributed by atoms with van der Waals surface area (Å²) in [4.78, 5) is 18.2. The van der Waals surface area contributed by atoms with E-state index in [1.165, 1.54) is 16.8 Å². The van der Waals surface area contributed by atoms with Gasteiger partial charge >= 0.3 is 0 Å². The molecular weight excluding hydrogens is 429 g/mol. The van der Waals surface area contributed by atoms with Gasteiger partial charge in [0.15, 0.2) is 0 Å². The number of aryl methyl sites for hydroxylation is 1. The monoisotopic (exact) mass is 449 g/mol. The molecule has 0 spiro atoms. The van der Waals surface area contributed by atoms with Crippen molar-refractivity contribution < 1.29 is 9.13 Å². The molecule has 1 N–H and O–H groups in total. The van der Waals surface area contributed by atoms with Crippen molar-refractivity contribution in [1.29, 1.82) is 0 Å². The lowest BCUT2D eigenvalue weighted by molar-refractivity contribution is 0.415. The van der Waals surface area contributed by atoms with E-state index >= 15 is 0 Å². The van der Waals surface area contributed by atoms with Crippen LogP contribution in [0.5, 0.6) is 5.75 Å². The first-order chi connectivity index (χ1) is 15.4. The fourth-order valence-corrected chi connectivity index (χ4v) is 3.72. The largest absolute Gasteiger partial charge is 0.497 e. The second-order valence-electron chi connectivity index (χ2n) is 7.34. The highest BCUT2D eigenvalue weighted by molar-refractivity contribution is 6.30. The summed E-state index contributed by atoms with van der Waals surface area (Å²) in [5, 5.41) is 3.79. The zero-order chi connectivity index (χ0) is 22.8. The lowest BCUT2D eigenvalue weighted by Gasteiger charge is -2.06.